The SMILES string of the molecule is CCOC(=O)c1ccc(NC(=O)[C@@H]2CCCN(c3nc4ccccc4nc3OCC)C2)cc1. The molecule has 1 aliphatic heterocycles. The van der Waals surface area contributed by atoms with E-state index < -0.39 is 0 Å². The molecule has 8 heteroatoms. The molecule has 1 N–H and O–H groups in total. The maximum absolute atomic E-state index is 13.0. The smallest absolute Gasteiger partial charge is 0.338 e. The molecule has 3 aromatic rings. The van der Waals surface area contributed by atoms with Gasteiger partial charge in [0.1, 0.15) is 0 Å². The van der Waals surface area contributed by atoms with Crippen molar-refractivity contribution in [3.8, 4) is 5.88 Å². The van der Waals surface area contributed by atoms with E-state index in [9.17, 15) is 9.59 Å². The second kappa shape index (κ2) is 10.3. The maximum atomic E-state index is 13.0. The first kappa shape index (κ1) is 22.5. The van der Waals surface area contributed by atoms with Crippen LogP contribution in [0.2, 0.25) is 0 Å². The van der Waals surface area contributed by atoms with Gasteiger partial charge in [-0.3, -0.25) is 4.79 Å². The van der Waals surface area contributed by atoms with Crippen molar-refractivity contribution in [1.29, 1.82) is 0 Å². The van der Waals surface area contributed by atoms with Crippen molar-refractivity contribution in [3.63, 3.8) is 0 Å². The minimum atomic E-state index is -0.375. The van der Waals surface area contributed by atoms with Crippen molar-refractivity contribution >= 4 is 34.4 Å². The van der Waals surface area contributed by atoms with E-state index in [2.05, 4.69) is 15.2 Å². The van der Waals surface area contributed by atoms with Crippen LogP contribution in [0.5, 0.6) is 5.88 Å². The monoisotopic (exact) mass is 448 g/mol. The number of hydrogen-bond donors (Lipinski definition) is 1. The van der Waals surface area contributed by atoms with Crippen LogP contribution in [-0.4, -0.2) is 48.1 Å². The van der Waals surface area contributed by atoms with Crippen molar-refractivity contribution in [2.24, 2.45) is 5.92 Å². The number of rotatable bonds is 7. The molecule has 1 aromatic heterocycles. The van der Waals surface area contributed by atoms with E-state index in [1.807, 2.05) is 31.2 Å². The minimum Gasteiger partial charge on any atom is -0.475 e. The van der Waals surface area contributed by atoms with Gasteiger partial charge >= 0.3 is 5.97 Å². The fraction of sp³-hybridized carbons (Fsp3) is 0.360. The molecule has 1 atom stereocenters. The summed E-state index contributed by atoms with van der Waals surface area (Å²) in [4.78, 5) is 36.3. The number of nitrogens with zero attached hydrogens (tertiary/aromatic N) is 3. The average Bonchev–Trinajstić information content (AvgIpc) is 2.84. The molecular formula is C25H28N4O4. The summed E-state index contributed by atoms with van der Waals surface area (Å²) in [5.74, 6) is 0.528. The lowest BCUT2D eigenvalue weighted by molar-refractivity contribution is -0.120. The van der Waals surface area contributed by atoms with E-state index in [0.717, 1.165) is 30.4 Å². The average molecular weight is 449 g/mol. The highest BCUT2D eigenvalue weighted by Gasteiger charge is 2.29. The van der Waals surface area contributed by atoms with E-state index >= 15 is 0 Å². The summed E-state index contributed by atoms with van der Waals surface area (Å²) in [6.45, 7) is 5.80. The first-order valence-electron chi connectivity index (χ1n) is 11.3. The summed E-state index contributed by atoms with van der Waals surface area (Å²) >= 11 is 0. The molecule has 0 radical (unpaired) electrons. The summed E-state index contributed by atoms with van der Waals surface area (Å²) in [6, 6.07) is 14.4. The Bertz CT molecular complexity index is 1130. The number of fused-ring (bicyclic) bond motifs is 1. The number of carbonyl (C=O) groups is 2. The number of nitrogens with one attached hydrogen (secondary N) is 1. The number of ether oxygens (including phenoxy) is 2. The van der Waals surface area contributed by atoms with Crippen LogP contribution in [0.25, 0.3) is 11.0 Å². The topological polar surface area (TPSA) is 93.7 Å². The van der Waals surface area contributed by atoms with Crippen LogP contribution in [0.3, 0.4) is 0 Å². The van der Waals surface area contributed by atoms with Crippen LogP contribution < -0.4 is 15.0 Å². The Morgan fingerprint density at radius 3 is 2.45 bits per heavy atom. The molecular weight excluding hydrogens is 420 g/mol. The molecule has 8 nitrogen and oxygen atoms in total. The van der Waals surface area contributed by atoms with E-state index in [4.69, 9.17) is 14.5 Å². The van der Waals surface area contributed by atoms with Gasteiger partial charge in [0.15, 0.2) is 5.82 Å². The number of aromatic nitrogens is 2. The fourth-order valence-electron chi connectivity index (χ4n) is 3.95. The Morgan fingerprint density at radius 1 is 1.03 bits per heavy atom. The number of esters is 1. The van der Waals surface area contributed by atoms with Gasteiger partial charge in [0.25, 0.3) is 5.88 Å². The minimum absolute atomic E-state index is 0.0599. The van der Waals surface area contributed by atoms with Gasteiger partial charge < -0.3 is 19.7 Å². The zero-order chi connectivity index (χ0) is 23.2. The highest BCUT2D eigenvalue weighted by Crippen LogP contribution is 2.31. The fourth-order valence-corrected chi connectivity index (χ4v) is 3.95. The third kappa shape index (κ3) is 5.22. The summed E-state index contributed by atoms with van der Waals surface area (Å²) in [6.07, 6.45) is 1.65. The van der Waals surface area contributed by atoms with Crippen LogP contribution in [0.15, 0.2) is 48.5 Å². The van der Waals surface area contributed by atoms with Crippen LogP contribution in [-0.2, 0) is 9.53 Å². The molecule has 1 amide bonds. The molecule has 0 spiro atoms. The molecule has 0 unspecified atom stereocenters. The van der Waals surface area contributed by atoms with Crippen molar-refractivity contribution in [2.75, 3.05) is 36.5 Å². The molecule has 33 heavy (non-hydrogen) atoms. The van der Waals surface area contributed by atoms with Crippen molar-refractivity contribution in [3.05, 3.63) is 54.1 Å². The number of amides is 1. The number of anilines is 2. The molecule has 2 heterocycles. The second-order valence-electron chi connectivity index (χ2n) is 7.85. The van der Waals surface area contributed by atoms with Crippen molar-refractivity contribution in [1.82, 2.24) is 9.97 Å². The lowest BCUT2D eigenvalue weighted by Gasteiger charge is -2.33. The van der Waals surface area contributed by atoms with Gasteiger partial charge in [0.05, 0.1) is 35.7 Å². The van der Waals surface area contributed by atoms with Gasteiger partial charge in [-0.1, -0.05) is 12.1 Å². The van der Waals surface area contributed by atoms with E-state index in [1.165, 1.54) is 0 Å². The Morgan fingerprint density at radius 2 is 1.76 bits per heavy atom. The number of piperidine rings is 1. The second-order valence-corrected chi connectivity index (χ2v) is 7.85. The molecule has 172 valence electrons. The number of carbonyl (C=O) groups excluding carboxylic acids is 2. The zero-order valence-electron chi connectivity index (χ0n) is 18.9. The molecule has 4 rings (SSSR count). The van der Waals surface area contributed by atoms with E-state index in [-0.39, 0.29) is 17.8 Å². The lowest BCUT2D eigenvalue weighted by Crippen LogP contribution is -2.41. The molecule has 0 aliphatic carbocycles. The number of para-hydroxylation sites is 2. The molecule has 1 fully saturated rings. The highest BCUT2D eigenvalue weighted by molar-refractivity contribution is 5.94. The van der Waals surface area contributed by atoms with Crippen molar-refractivity contribution in [2.45, 2.75) is 26.7 Å². The third-order valence-electron chi connectivity index (χ3n) is 5.56. The summed E-state index contributed by atoms with van der Waals surface area (Å²) < 4.78 is 10.8. The van der Waals surface area contributed by atoms with Gasteiger partial charge in [-0.2, -0.15) is 0 Å². The third-order valence-corrected chi connectivity index (χ3v) is 5.56. The summed E-state index contributed by atoms with van der Waals surface area (Å²) in [7, 11) is 0. The quantitative estimate of drug-likeness (QED) is 0.545. The first-order valence-corrected chi connectivity index (χ1v) is 11.3. The van der Waals surface area contributed by atoms with Gasteiger partial charge in [0, 0.05) is 18.8 Å². The number of benzene rings is 2. The Labute approximate surface area is 192 Å². The Kier molecular flexibility index (Phi) is 7.02. The molecule has 1 aliphatic rings. The van der Waals surface area contributed by atoms with Gasteiger partial charge in [-0.25, -0.2) is 14.8 Å². The maximum Gasteiger partial charge on any atom is 0.338 e. The molecule has 1 saturated heterocycles. The molecule has 0 bridgehead atoms. The lowest BCUT2D eigenvalue weighted by atomic mass is 9.97. The normalized spacial score (nSPS) is 15.8. The molecule has 0 saturated carbocycles. The number of hydrogen-bond acceptors (Lipinski definition) is 7. The Balaban J connectivity index is 1.48. The van der Waals surface area contributed by atoms with E-state index in [0.29, 0.717) is 42.7 Å². The van der Waals surface area contributed by atoms with Crippen LogP contribution in [0.1, 0.15) is 37.0 Å². The predicted octanol–water partition coefficient (Wildman–Crippen LogP) is 4.06. The largest absolute Gasteiger partial charge is 0.475 e. The first-order chi connectivity index (χ1) is 16.1. The van der Waals surface area contributed by atoms with Gasteiger partial charge in [-0.15, -0.1) is 0 Å². The summed E-state index contributed by atoms with van der Waals surface area (Å²) in [5, 5.41) is 2.97. The van der Waals surface area contributed by atoms with Crippen LogP contribution in [0, 0.1) is 5.92 Å². The standard InChI is InChI=1S/C25H28N4O4/c1-3-32-24-22(27-20-9-5-6-10-21(20)28-24)29-15-7-8-18(16-29)23(30)26-19-13-11-17(12-14-19)25(31)33-4-2/h5-6,9-14,18H,3-4,7-8,15-16H2,1-2H3,(H,26,30)/t18-/m1/s1. The molecule has 2 aromatic carbocycles. The van der Waals surface area contributed by atoms with Crippen LogP contribution in [0.4, 0.5) is 11.5 Å². The predicted molar refractivity (Wildman–Crippen MR) is 127 cm³/mol. The van der Waals surface area contributed by atoms with E-state index in [1.54, 1.807) is 31.2 Å². The zero-order valence-corrected chi connectivity index (χ0v) is 18.9. The summed E-state index contributed by atoms with van der Waals surface area (Å²) in [5.41, 5.74) is 2.68. The van der Waals surface area contributed by atoms with Crippen molar-refractivity contribution < 1.29 is 19.1 Å². The van der Waals surface area contributed by atoms with Gasteiger partial charge in [-0.05, 0) is 63.1 Å². The highest BCUT2D eigenvalue weighted by atomic mass is 16.5. The van der Waals surface area contributed by atoms with Gasteiger partial charge in [0.2, 0.25) is 5.91 Å². The van der Waals surface area contributed by atoms with Crippen LogP contribution >= 0.6 is 0 Å². The Hall–Kier alpha value is -3.68.